The first-order chi connectivity index (χ1) is 18.7. The van der Waals surface area contributed by atoms with Gasteiger partial charge in [0.05, 0.1) is 11.8 Å². The first-order valence-electron chi connectivity index (χ1n) is 12.6. The number of rotatable bonds is 6. The van der Waals surface area contributed by atoms with Gasteiger partial charge >= 0.3 is 6.18 Å². The lowest BCUT2D eigenvalue weighted by molar-refractivity contribution is -0.260. The van der Waals surface area contributed by atoms with Gasteiger partial charge in [-0.15, -0.1) is 0 Å². The zero-order chi connectivity index (χ0) is 29.4. The van der Waals surface area contributed by atoms with Crippen LogP contribution in [0.25, 0.3) is 22.0 Å². The highest BCUT2D eigenvalue weighted by Gasteiger charge is 2.54. The van der Waals surface area contributed by atoms with Crippen LogP contribution in [0.15, 0.2) is 24.4 Å². The van der Waals surface area contributed by atoms with Gasteiger partial charge in [-0.05, 0) is 68.0 Å². The molecule has 1 fully saturated rings. The van der Waals surface area contributed by atoms with Gasteiger partial charge in [0.2, 0.25) is 11.8 Å². The maximum Gasteiger partial charge on any atom is 0.422 e. The fraction of sp³-hybridized carbons (Fsp3) is 0.444. The maximum atomic E-state index is 15.1. The molecule has 3 aromatic rings. The molecule has 1 unspecified atom stereocenters. The first-order valence-corrected chi connectivity index (χ1v) is 12.6. The lowest BCUT2D eigenvalue weighted by atomic mass is 9.85. The molecule has 1 aliphatic carbocycles. The molecule has 1 aliphatic rings. The van der Waals surface area contributed by atoms with Crippen molar-refractivity contribution in [2.75, 3.05) is 5.32 Å². The summed E-state index contributed by atoms with van der Waals surface area (Å²) in [5.74, 6) is -1.84. The largest absolute Gasteiger partial charge is 0.422 e. The van der Waals surface area contributed by atoms with Crippen LogP contribution in [-0.4, -0.2) is 43.9 Å². The Labute approximate surface area is 227 Å². The second-order valence-electron chi connectivity index (χ2n) is 10.2. The van der Waals surface area contributed by atoms with E-state index >= 15 is 4.39 Å². The minimum absolute atomic E-state index is 0.162. The number of carbonyl (C=O) groups is 2. The van der Waals surface area contributed by atoms with E-state index in [2.05, 4.69) is 20.7 Å². The molecular formula is C27H28F4N6O3. The van der Waals surface area contributed by atoms with Crippen LogP contribution in [0.1, 0.15) is 50.3 Å². The zero-order valence-electron chi connectivity index (χ0n) is 22.1. The van der Waals surface area contributed by atoms with E-state index in [0.717, 1.165) is 10.7 Å². The van der Waals surface area contributed by atoms with E-state index in [9.17, 15) is 27.9 Å². The maximum absolute atomic E-state index is 15.1. The molecule has 1 aromatic carbocycles. The van der Waals surface area contributed by atoms with Crippen LogP contribution in [0.4, 0.5) is 23.4 Å². The van der Waals surface area contributed by atoms with Crippen LogP contribution in [0.5, 0.6) is 0 Å². The number of amides is 2. The van der Waals surface area contributed by atoms with Gasteiger partial charge in [0.25, 0.3) is 0 Å². The van der Waals surface area contributed by atoms with Crippen molar-refractivity contribution in [2.24, 2.45) is 13.0 Å². The predicted molar refractivity (Wildman–Crippen MR) is 137 cm³/mol. The molecule has 0 bridgehead atoms. The summed E-state index contributed by atoms with van der Waals surface area (Å²) in [6.45, 7) is 2.27. The number of anilines is 1. The molecule has 2 aromatic heterocycles. The third-order valence-corrected chi connectivity index (χ3v) is 7.22. The minimum atomic E-state index is -5.04. The second-order valence-corrected chi connectivity index (χ2v) is 10.2. The highest BCUT2D eigenvalue weighted by Crippen LogP contribution is 2.42. The predicted octanol–water partition coefficient (Wildman–Crippen LogP) is 4.38. The van der Waals surface area contributed by atoms with Crippen LogP contribution in [0, 0.1) is 30.0 Å². The molecule has 0 aliphatic heterocycles. The van der Waals surface area contributed by atoms with Gasteiger partial charge < -0.3 is 15.7 Å². The van der Waals surface area contributed by atoms with Gasteiger partial charge in [0.15, 0.2) is 11.4 Å². The van der Waals surface area contributed by atoms with Crippen molar-refractivity contribution in [3.8, 4) is 17.2 Å². The first kappa shape index (κ1) is 28.9. The summed E-state index contributed by atoms with van der Waals surface area (Å²) in [7, 11) is 1.20. The number of alkyl halides is 3. The molecule has 2 amide bonds. The number of halogens is 4. The van der Waals surface area contributed by atoms with E-state index < -0.39 is 35.1 Å². The summed E-state index contributed by atoms with van der Waals surface area (Å²) in [4.78, 5) is 29.0. The number of aliphatic hydroxyl groups is 1. The lowest BCUT2D eigenvalue weighted by Gasteiger charge is -2.28. The van der Waals surface area contributed by atoms with Crippen LogP contribution >= 0.6 is 0 Å². The van der Waals surface area contributed by atoms with Gasteiger partial charge in [-0.2, -0.15) is 23.5 Å². The summed E-state index contributed by atoms with van der Waals surface area (Å²) >= 11 is 0. The molecule has 4 rings (SSSR count). The molecule has 3 N–H and O–H groups in total. The number of nitrogens with one attached hydrogen (secondary N) is 2. The Bertz CT molecular complexity index is 1510. The van der Waals surface area contributed by atoms with Gasteiger partial charge in [0, 0.05) is 30.6 Å². The highest BCUT2D eigenvalue weighted by molar-refractivity contribution is 5.93. The number of nitrogens with zero attached hydrogens (tertiary/aromatic N) is 4. The molecule has 0 saturated heterocycles. The van der Waals surface area contributed by atoms with Gasteiger partial charge in [-0.25, -0.2) is 9.37 Å². The van der Waals surface area contributed by atoms with Crippen molar-refractivity contribution in [1.82, 2.24) is 20.1 Å². The van der Waals surface area contributed by atoms with Gasteiger partial charge in [-0.1, -0.05) is 6.42 Å². The SMILES string of the molecule is Cc1cnc(NC(=O)[C@H]2CCC[C@@H](NC(=O)CC#N)C2)cc1-c1cc(F)c2nn(C)c(C(C)(O)C(F)(F)F)c2c1. The van der Waals surface area contributed by atoms with E-state index in [4.69, 9.17) is 5.26 Å². The number of carbonyl (C=O) groups excluding carboxylic acids is 2. The Balaban J connectivity index is 1.63. The Morgan fingerprint density at radius 1 is 1.25 bits per heavy atom. The number of fused-ring (bicyclic) bond motifs is 1. The third kappa shape index (κ3) is 5.62. The van der Waals surface area contributed by atoms with E-state index in [1.165, 1.54) is 25.4 Å². The standard InChI is InChI=1S/C27H28F4N6O3/c1-14-13-33-21(35-25(39)15-5-4-6-17(9-15)34-22(38)7-8-32)12-18(14)16-10-19-23(20(28)11-16)36-37(3)24(19)26(2,40)27(29,30)31/h10-13,15,17,40H,4-7,9H2,1-3H3,(H,34,38)(H,33,35,39)/t15-,17+,26?/m0/s1. The third-order valence-electron chi connectivity index (χ3n) is 7.22. The van der Waals surface area contributed by atoms with E-state index in [1.807, 2.05) is 0 Å². The molecule has 1 saturated carbocycles. The minimum Gasteiger partial charge on any atom is -0.375 e. The quantitative estimate of drug-likeness (QED) is 0.384. The summed E-state index contributed by atoms with van der Waals surface area (Å²) in [6.07, 6.45) is -1.46. The summed E-state index contributed by atoms with van der Waals surface area (Å²) in [5.41, 5.74) is -3.02. The topological polar surface area (TPSA) is 133 Å². The molecule has 212 valence electrons. The molecule has 40 heavy (non-hydrogen) atoms. The fourth-order valence-electron chi connectivity index (χ4n) is 5.16. The van der Waals surface area contributed by atoms with Crippen molar-refractivity contribution in [1.29, 1.82) is 5.26 Å². The number of aromatic nitrogens is 3. The normalized spacial score (nSPS) is 19.1. The molecule has 13 heteroatoms. The van der Waals surface area contributed by atoms with Crippen molar-refractivity contribution in [2.45, 2.75) is 63.8 Å². The van der Waals surface area contributed by atoms with E-state index in [-0.39, 0.29) is 40.7 Å². The second kappa shape index (κ2) is 10.8. The van der Waals surface area contributed by atoms with E-state index in [1.54, 1.807) is 13.0 Å². The zero-order valence-corrected chi connectivity index (χ0v) is 22.1. The van der Waals surface area contributed by atoms with Crippen LogP contribution < -0.4 is 10.6 Å². The molecule has 0 radical (unpaired) electrons. The van der Waals surface area contributed by atoms with E-state index in [0.29, 0.717) is 43.7 Å². The average molecular weight is 561 g/mol. The lowest BCUT2D eigenvalue weighted by Crippen LogP contribution is -2.41. The van der Waals surface area contributed by atoms with Crippen molar-refractivity contribution < 1.29 is 32.3 Å². The summed E-state index contributed by atoms with van der Waals surface area (Å²) in [5, 5.41) is 28.2. The van der Waals surface area contributed by atoms with Crippen LogP contribution in [0.2, 0.25) is 0 Å². The number of nitriles is 1. The van der Waals surface area contributed by atoms with Crippen LogP contribution in [0.3, 0.4) is 0 Å². The number of pyridine rings is 1. The number of benzene rings is 1. The molecule has 9 nitrogen and oxygen atoms in total. The van der Waals surface area contributed by atoms with Gasteiger partial charge in [-0.3, -0.25) is 14.3 Å². The Morgan fingerprint density at radius 2 is 1.98 bits per heavy atom. The van der Waals surface area contributed by atoms with Crippen molar-refractivity contribution in [3.63, 3.8) is 0 Å². The molecule has 2 heterocycles. The van der Waals surface area contributed by atoms with Crippen molar-refractivity contribution >= 4 is 28.5 Å². The number of aryl methyl sites for hydroxylation is 2. The molecule has 0 spiro atoms. The molecule has 3 atom stereocenters. The summed E-state index contributed by atoms with van der Waals surface area (Å²) in [6, 6.07) is 5.51. The number of hydrogen-bond donors (Lipinski definition) is 3. The van der Waals surface area contributed by atoms with Gasteiger partial charge in [0.1, 0.15) is 17.8 Å². The average Bonchev–Trinajstić information content (AvgIpc) is 3.21. The van der Waals surface area contributed by atoms with Crippen molar-refractivity contribution in [3.05, 3.63) is 41.5 Å². The van der Waals surface area contributed by atoms with Crippen LogP contribution in [-0.2, 0) is 22.2 Å². The Morgan fingerprint density at radius 3 is 2.65 bits per heavy atom. The fourth-order valence-corrected chi connectivity index (χ4v) is 5.16. The highest BCUT2D eigenvalue weighted by atomic mass is 19.4. The Hall–Kier alpha value is -4.05. The molecular weight excluding hydrogens is 532 g/mol. The Kier molecular flexibility index (Phi) is 7.85. The monoisotopic (exact) mass is 560 g/mol. The smallest absolute Gasteiger partial charge is 0.375 e. The number of hydrogen-bond acceptors (Lipinski definition) is 6. The summed E-state index contributed by atoms with van der Waals surface area (Å²) < 4.78 is 56.9.